The molecule has 1 aromatic rings. The molecule has 0 radical (unpaired) electrons. The minimum absolute atomic E-state index is 0.0188. The van der Waals surface area contributed by atoms with E-state index < -0.39 is 23.5 Å². The lowest BCUT2D eigenvalue weighted by molar-refractivity contribution is -0.143. The Kier molecular flexibility index (Phi) is 3.88. The molecule has 0 aromatic heterocycles. The van der Waals surface area contributed by atoms with Gasteiger partial charge in [-0.15, -0.1) is 0 Å². The molecule has 118 valence electrons. The molecule has 0 spiro atoms. The fourth-order valence-corrected chi connectivity index (χ4v) is 2.79. The molecule has 1 saturated heterocycles. The van der Waals surface area contributed by atoms with Gasteiger partial charge in [0.1, 0.15) is 0 Å². The number of hydrogen-bond donors (Lipinski definition) is 0. The average molecular weight is 311 g/mol. The molecule has 0 unspecified atom stereocenters. The monoisotopic (exact) mass is 311 g/mol. The molecule has 0 aliphatic carbocycles. The number of alkyl halides is 6. The number of anilines is 1. The molecular weight excluding hydrogens is 296 g/mol. The van der Waals surface area contributed by atoms with Gasteiger partial charge >= 0.3 is 12.4 Å². The van der Waals surface area contributed by atoms with Gasteiger partial charge in [-0.3, -0.25) is 0 Å². The van der Waals surface area contributed by atoms with Gasteiger partial charge in [0.25, 0.3) is 0 Å². The van der Waals surface area contributed by atoms with Gasteiger partial charge in [0.05, 0.1) is 11.1 Å². The van der Waals surface area contributed by atoms with E-state index >= 15 is 0 Å². The van der Waals surface area contributed by atoms with Gasteiger partial charge in [-0.05, 0) is 44.9 Å². The number of nitrogens with zero attached hydrogens (tertiary/aromatic N) is 1. The summed E-state index contributed by atoms with van der Waals surface area (Å²) in [5.74, 6) is 0. The number of halogens is 6. The molecule has 0 bridgehead atoms. The number of hydrogen-bond acceptors (Lipinski definition) is 1. The molecule has 0 amide bonds. The molecular formula is C14H15F6N. The summed E-state index contributed by atoms with van der Waals surface area (Å²) >= 11 is 0. The normalized spacial score (nSPS) is 23.7. The molecule has 21 heavy (non-hydrogen) atoms. The Balaban J connectivity index is 2.55. The van der Waals surface area contributed by atoms with E-state index in [2.05, 4.69) is 0 Å². The molecule has 1 fully saturated rings. The highest BCUT2D eigenvalue weighted by Crippen LogP contribution is 2.40. The van der Waals surface area contributed by atoms with Gasteiger partial charge < -0.3 is 4.90 Å². The van der Waals surface area contributed by atoms with Crippen LogP contribution in [0.4, 0.5) is 32.0 Å². The third-order valence-electron chi connectivity index (χ3n) is 3.82. The summed E-state index contributed by atoms with van der Waals surface area (Å²) < 4.78 is 77.0. The topological polar surface area (TPSA) is 3.24 Å². The van der Waals surface area contributed by atoms with Gasteiger partial charge in [0, 0.05) is 17.8 Å². The van der Waals surface area contributed by atoms with Crippen molar-refractivity contribution in [3.63, 3.8) is 0 Å². The lowest BCUT2D eigenvalue weighted by atomic mass is 10.1. The van der Waals surface area contributed by atoms with E-state index in [1.165, 1.54) is 0 Å². The Labute approximate surface area is 118 Å². The standard InChI is InChI=1S/C14H15F6N/c1-8-3-4-9(2)21(8)12-6-10(13(15,16)17)5-11(7-12)14(18,19)20/h5-9H,3-4H2,1-2H3/t8-,9+. The highest BCUT2D eigenvalue weighted by atomic mass is 19.4. The maximum absolute atomic E-state index is 12.8. The van der Waals surface area contributed by atoms with Crippen LogP contribution in [-0.4, -0.2) is 12.1 Å². The van der Waals surface area contributed by atoms with Crippen LogP contribution in [0.1, 0.15) is 37.8 Å². The van der Waals surface area contributed by atoms with Crippen molar-refractivity contribution in [3.8, 4) is 0 Å². The van der Waals surface area contributed by atoms with E-state index in [9.17, 15) is 26.3 Å². The predicted octanol–water partition coefficient (Wildman–Crippen LogP) is 5.10. The molecule has 1 nitrogen and oxygen atoms in total. The van der Waals surface area contributed by atoms with Crippen molar-refractivity contribution in [1.29, 1.82) is 0 Å². The number of benzene rings is 1. The average Bonchev–Trinajstić information content (AvgIpc) is 2.66. The molecule has 2 rings (SSSR count). The Morgan fingerprint density at radius 3 is 1.52 bits per heavy atom. The molecule has 0 N–H and O–H groups in total. The first-order valence-electron chi connectivity index (χ1n) is 6.58. The van der Waals surface area contributed by atoms with Gasteiger partial charge in [-0.2, -0.15) is 26.3 Å². The molecule has 1 aliphatic heterocycles. The molecule has 0 saturated carbocycles. The highest BCUT2D eigenvalue weighted by molar-refractivity contribution is 5.55. The van der Waals surface area contributed by atoms with Gasteiger partial charge in [0.2, 0.25) is 0 Å². The summed E-state index contributed by atoms with van der Waals surface area (Å²) in [5, 5.41) is 0. The van der Waals surface area contributed by atoms with E-state index in [1.807, 2.05) is 0 Å². The van der Waals surface area contributed by atoms with Crippen molar-refractivity contribution < 1.29 is 26.3 Å². The van der Waals surface area contributed by atoms with E-state index in [0.717, 1.165) is 25.0 Å². The quantitative estimate of drug-likeness (QED) is 0.652. The first-order valence-corrected chi connectivity index (χ1v) is 6.58. The molecule has 1 heterocycles. The largest absolute Gasteiger partial charge is 0.416 e. The van der Waals surface area contributed by atoms with Crippen LogP contribution in [0.15, 0.2) is 18.2 Å². The van der Waals surface area contributed by atoms with Gasteiger partial charge in [-0.1, -0.05) is 0 Å². The predicted molar refractivity (Wildman–Crippen MR) is 67.1 cm³/mol. The second-order valence-electron chi connectivity index (χ2n) is 5.45. The van der Waals surface area contributed by atoms with Crippen molar-refractivity contribution in [1.82, 2.24) is 0 Å². The summed E-state index contributed by atoms with van der Waals surface area (Å²) in [4.78, 5) is 1.63. The van der Waals surface area contributed by atoms with Crippen molar-refractivity contribution in [2.24, 2.45) is 0 Å². The second-order valence-corrected chi connectivity index (χ2v) is 5.45. The van der Waals surface area contributed by atoms with Crippen LogP contribution in [0.5, 0.6) is 0 Å². The van der Waals surface area contributed by atoms with Crippen LogP contribution >= 0.6 is 0 Å². The van der Waals surface area contributed by atoms with Crippen molar-refractivity contribution in [3.05, 3.63) is 29.3 Å². The third kappa shape index (κ3) is 3.27. The maximum atomic E-state index is 12.8. The lowest BCUT2D eigenvalue weighted by Crippen LogP contribution is -2.33. The fraction of sp³-hybridized carbons (Fsp3) is 0.571. The first kappa shape index (κ1) is 16.0. The molecule has 1 aromatic carbocycles. The maximum Gasteiger partial charge on any atom is 0.416 e. The Bertz CT molecular complexity index is 477. The third-order valence-corrected chi connectivity index (χ3v) is 3.82. The van der Waals surface area contributed by atoms with Crippen LogP contribution in [0.25, 0.3) is 0 Å². The molecule has 7 heteroatoms. The van der Waals surface area contributed by atoms with Crippen LogP contribution in [0.2, 0.25) is 0 Å². The fourth-order valence-electron chi connectivity index (χ4n) is 2.79. The van der Waals surface area contributed by atoms with E-state index in [-0.39, 0.29) is 23.8 Å². The second kappa shape index (κ2) is 5.10. The molecule has 2 atom stereocenters. The minimum atomic E-state index is -4.80. The first-order chi connectivity index (χ1) is 9.50. The zero-order valence-electron chi connectivity index (χ0n) is 11.5. The summed E-state index contributed by atoms with van der Waals surface area (Å²) in [5.41, 5.74) is -2.55. The summed E-state index contributed by atoms with van der Waals surface area (Å²) in [6.07, 6.45) is -8.11. The Morgan fingerprint density at radius 2 is 1.19 bits per heavy atom. The zero-order chi connectivity index (χ0) is 16.0. The Hall–Kier alpha value is -1.40. The smallest absolute Gasteiger partial charge is 0.366 e. The van der Waals surface area contributed by atoms with Gasteiger partial charge in [0.15, 0.2) is 0 Å². The van der Waals surface area contributed by atoms with Crippen LogP contribution in [-0.2, 0) is 12.4 Å². The van der Waals surface area contributed by atoms with Crippen molar-refractivity contribution in [2.45, 2.75) is 51.1 Å². The van der Waals surface area contributed by atoms with Crippen LogP contribution in [0, 0.1) is 0 Å². The number of rotatable bonds is 1. The van der Waals surface area contributed by atoms with Crippen molar-refractivity contribution in [2.75, 3.05) is 4.90 Å². The lowest BCUT2D eigenvalue weighted by Gasteiger charge is -2.30. The Morgan fingerprint density at radius 1 is 0.810 bits per heavy atom. The van der Waals surface area contributed by atoms with Crippen molar-refractivity contribution >= 4 is 5.69 Å². The summed E-state index contributed by atoms with van der Waals surface area (Å²) in [6.45, 7) is 3.61. The zero-order valence-corrected chi connectivity index (χ0v) is 11.5. The van der Waals surface area contributed by atoms with E-state index in [0.29, 0.717) is 0 Å². The molecule has 1 aliphatic rings. The highest BCUT2D eigenvalue weighted by Gasteiger charge is 2.38. The van der Waals surface area contributed by atoms with Gasteiger partial charge in [-0.25, -0.2) is 0 Å². The summed E-state index contributed by atoms with van der Waals surface area (Å²) in [6, 6.07) is 1.60. The van der Waals surface area contributed by atoms with E-state index in [4.69, 9.17) is 0 Å². The van der Waals surface area contributed by atoms with Crippen LogP contribution in [0.3, 0.4) is 0 Å². The van der Waals surface area contributed by atoms with Crippen LogP contribution < -0.4 is 4.90 Å². The summed E-state index contributed by atoms with van der Waals surface area (Å²) in [7, 11) is 0. The SMILES string of the molecule is C[C@@H]1CC[C@H](C)N1c1cc(C(F)(F)F)cc(C(F)(F)F)c1. The van der Waals surface area contributed by atoms with E-state index in [1.54, 1.807) is 18.7 Å². The minimum Gasteiger partial charge on any atom is -0.366 e.